The molecule has 33 heavy (non-hydrogen) atoms. The van der Waals surface area contributed by atoms with Gasteiger partial charge < -0.3 is 14.6 Å². The van der Waals surface area contributed by atoms with Crippen molar-refractivity contribution in [2.45, 2.75) is 36.6 Å². The minimum Gasteiger partial charge on any atom is -0.459 e. The maximum atomic E-state index is 13.5. The zero-order valence-electron chi connectivity index (χ0n) is 17.9. The van der Waals surface area contributed by atoms with Crippen molar-refractivity contribution in [1.29, 1.82) is 0 Å². The number of aryl methyl sites for hydroxylation is 1. The predicted octanol–water partition coefficient (Wildman–Crippen LogP) is 6.39. The number of furan rings is 1. The van der Waals surface area contributed by atoms with E-state index in [4.69, 9.17) is 4.42 Å². The maximum Gasteiger partial charge on any atom is 0.416 e. The number of amides is 2. The van der Waals surface area contributed by atoms with E-state index in [1.54, 1.807) is 25.1 Å². The molecule has 0 spiro atoms. The Kier molecular flexibility index (Phi) is 6.25. The number of alkyl halides is 3. The fraction of sp³-hybridized carbons (Fsp3) is 0.250. The molecular weight excluding hydrogens is 453 g/mol. The van der Waals surface area contributed by atoms with Crippen LogP contribution in [0.1, 0.15) is 45.4 Å². The van der Waals surface area contributed by atoms with Crippen LogP contribution in [0.4, 0.5) is 24.5 Å². The van der Waals surface area contributed by atoms with Crippen LogP contribution in [0.3, 0.4) is 0 Å². The van der Waals surface area contributed by atoms with Gasteiger partial charge in [-0.25, -0.2) is 0 Å². The summed E-state index contributed by atoms with van der Waals surface area (Å²) in [6, 6.07) is 11.4. The number of nitrogens with zero attached hydrogens (tertiary/aromatic N) is 1. The summed E-state index contributed by atoms with van der Waals surface area (Å²) in [6.07, 6.45) is -2.51. The van der Waals surface area contributed by atoms with Crippen LogP contribution >= 0.6 is 11.8 Å². The second kappa shape index (κ2) is 8.97. The minimum atomic E-state index is -4.51. The van der Waals surface area contributed by atoms with Gasteiger partial charge in [-0.2, -0.15) is 13.2 Å². The molecule has 0 bridgehead atoms. The Labute approximate surface area is 193 Å². The molecule has 2 aromatic carbocycles. The quantitative estimate of drug-likeness (QED) is 0.478. The van der Waals surface area contributed by atoms with E-state index in [0.29, 0.717) is 17.0 Å². The molecule has 0 aliphatic carbocycles. The maximum absolute atomic E-state index is 13.5. The topological polar surface area (TPSA) is 62.6 Å². The smallest absolute Gasteiger partial charge is 0.416 e. The van der Waals surface area contributed by atoms with Gasteiger partial charge >= 0.3 is 6.18 Å². The molecule has 4 rings (SSSR count). The second-order valence-electron chi connectivity index (χ2n) is 7.82. The Morgan fingerprint density at radius 1 is 1.15 bits per heavy atom. The molecular formula is C24H21F3N2O3S. The van der Waals surface area contributed by atoms with Crippen molar-refractivity contribution in [1.82, 2.24) is 0 Å². The lowest BCUT2D eigenvalue weighted by Gasteiger charge is -2.24. The molecule has 1 unspecified atom stereocenters. The first kappa shape index (κ1) is 23.0. The second-order valence-corrected chi connectivity index (χ2v) is 9.30. The van der Waals surface area contributed by atoms with E-state index in [1.807, 2.05) is 6.92 Å². The van der Waals surface area contributed by atoms with Crippen LogP contribution in [-0.4, -0.2) is 23.6 Å². The van der Waals surface area contributed by atoms with Gasteiger partial charge in [-0.05, 0) is 61.4 Å². The number of rotatable bonds is 3. The van der Waals surface area contributed by atoms with Gasteiger partial charge in [-0.15, -0.1) is 11.8 Å². The van der Waals surface area contributed by atoms with Gasteiger partial charge in [0.15, 0.2) is 5.76 Å². The number of carbonyl (C=O) groups is 2. The van der Waals surface area contributed by atoms with E-state index < -0.39 is 23.6 Å². The summed E-state index contributed by atoms with van der Waals surface area (Å²) < 4.78 is 45.2. The molecule has 1 N–H and O–H groups in total. The third-order valence-electron chi connectivity index (χ3n) is 5.39. The lowest BCUT2D eigenvalue weighted by atomic mass is 10.1. The summed E-state index contributed by atoms with van der Waals surface area (Å²) in [4.78, 5) is 27.9. The third kappa shape index (κ3) is 4.93. The fourth-order valence-corrected chi connectivity index (χ4v) is 4.65. The number of fused-ring (bicyclic) bond motifs is 1. The fourth-order valence-electron chi connectivity index (χ4n) is 3.56. The Morgan fingerprint density at radius 3 is 2.64 bits per heavy atom. The predicted molar refractivity (Wildman–Crippen MR) is 121 cm³/mol. The number of hydrogen-bond donors (Lipinski definition) is 1. The largest absolute Gasteiger partial charge is 0.459 e. The number of carbonyl (C=O) groups excluding carboxylic acids is 2. The average Bonchev–Trinajstić information content (AvgIpc) is 3.25. The van der Waals surface area contributed by atoms with E-state index in [0.717, 1.165) is 17.7 Å². The standard InChI is InChI=1S/C24H21F3N2O3S/c1-14-5-6-16(12-18(14)28-22(30)20-4-3-11-32-20)23(31)29-10-9-15(2)33-21-8-7-17(13-19(21)29)24(25,26)27/h3-8,11-13,15H,9-10H2,1-2H3,(H,28,30). The number of thioether (sulfide) groups is 1. The monoisotopic (exact) mass is 474 g/mol. The first-order chi connectivity index (χ1) is 15.6. The van der Waals surface area contributed by atoms with Gasteiger partial charge in [-0.1, -0.05) is 13.0 Å². The molecule has 2 amide bonds. The number of hydrogen-bond acceptors (Lipinski definition) is 4. The summed E-state index contributed by atoms with van der Waals surface area (Å²) in [5.41, 5.74) is 0.851. The number of nitrogens with one attached hydrogen (secondary N) is 1. The first-order valence-corrected chi connectivity index (χ1v) is 11.2. The molecule has 5 nitrogen and oxygen atoms in total. The number of benzene rings is 2. The van der Waals surface area contributed by atoms with E-state index in [2.05, 4.69) is 5.32 Å². The molecule has 1 aromatic heterocycles. The molecule has 9 heteroatoms. The van der Waals surface area contributed by atoms with Gasteiger partial charge in [0.1, 0.15) is 0 Å². The Morgan fingerprint density at radius 2 is 1.94 bits per heavy atom. The highest BCUT2D eigenvalue weighted by Crippen LogP contribution is 2.41. The van der Waals surface area contributed by atoms with Crippen molar-refractivity contribution in [2.75, 3.05) is 16.8 Å². The SMILES string of the molecule is Cc1ccc(C(=O)N2CCC(C)Sc3ccc(C(F)(F)F)cc32)cc1NC(=O)c1ccco1. The zero-order valence-corrected chi connectivity index (χ0v) is 18.7. The average molecular weight is 475 g/mol. The molecule has 1 aliphatic rings. The van der Waals surface area contributed by atoms with E-state index in [1.165, 1.54) is 41.1 Å². The van der Waals surface area contributed by atoms with Crippen LogP contribution in [0.2, 0.25) is 0 Å². The summed E-state index contributed by atoms with van der Waals surface area (Å²) in [7, 11) is 0. The third-order valence-corrected chi connectivity index (χ3v) is 6.62. The van der Waals surface area contributed by atoms with Crippen LogP contribution in [0, 0.1) is 6.92 Å². The van der Waals surface area contributed by atoms with Crippen molar-refractivity contribution >= 4 is 35.0 Å². The zero-order chi connectivity index (χ0) is 23.8. The van der Waals surface area contributed by atoms with E-state index in [9.17, 15) is 22.8 Å². The van der Waals surface area contributed by atoms with Crippen LogP contribution < -0.4 is 10.2 Å². The van der Waals surface area contributed by atoms with Gasteiger partial charge in [0.05, 0.1) is 17.5 Å². The lowest BCUT2D eigenvalue weighted by Crippen LogP contribution is -2.32. The van der Waals surface area contributed by atoms with Crippen molar-refractivity contribution in [3.05, 3.63) is 77.2 Å². The summed E-state index contributed by atoms with van der Waals surface area (Å²) >= 11 is 1.45. The molecule has 2 heterocycles. The van der Waals surface area contributed by atoms with Crippen LogP contribution in [0.15, 0.2) is 64.1 Å². The molecule has 1 aliphatic heterocycles. The molecule has 0 saturated heterocycles. The highest BCUT2D eigenvalue weighted by Gasteiger charge is 2.33. The Balaban J connectivity index is 1.68. The number of anilines is 2. The molecule has 172 valence electrons. The highest BCUT2D eigenvalue weighted by molar-refractivity contribution is 8.00. The molecule has 1 atom stereocenters. The number of halogens is 3. The lowest BCUT2D eigenvalue weighted by molar-refractivity contribution is -0.137. The van der Waals surface area contributed by atoms with Crippen LogP contribution in [0.25, 0.3) is 0 Å². The van der Waals surface area contributed by atoms with Gasteiger partial charge in [0.2, 0.25) is 0 Å². The van der Waals surface area contributed by atoms with Crippen LogP contribution in [-0.2, 0) is 6.18 Å². The van der Waals surface area contributed by atoms with Crippen molar-refractivity contribution in [3.63, 3.8) is 0 Å². The van der Waals surface area contributed by atoms with Gasteiger partial charge in [0.25, 0.3) is 11.8 Å². The van der Waals surface area contributed by atoms with Gasteiger partial charge in [-0.3, -0.25) is 9.59 Å². The Hall–Kier alpha value is -3.20. The first-order valence-electron chi connectivity index (χ1n) is 10.3. The van der Waals surface area contributed by atoms with Crippen molar-refractivity contribution in [2.24, 2.45) is 0 Å². The minimum absolute atomic E-state index is 0.123. The summed E-state index contributed by atoms with van der Waals surface area (Å²) in [6.45, 7) is 4.04. The van der Waals surface area contributed by atoms with Crippen LogP contribution in [0.5, 0.6) is 0 Å². The molecule has 0 fully saturated rings. The van der Waals surface area contributed by atoms with Crippen molar-refractivity contribution in [3.8, 4) is 0 Å². The highest BCUT2D eigenvalue weighted by atomic mass is 32.2. The summed E-state index contributed by atoms with van der Waals surface area (Å²) in [5, 5.41) is 2.86. The normalized spacial score (nSPS) is 16.2. The van der Waals surface area contributed by atoms with E-state index in [-0.39, 0.29) is 28.8 Å². The molecule has 3 aromatic rings. The van der Waals surface area contributed by atoms with Crippen molar-refractivity contribution < 1.29 is 27.2 Å². The van der Waals surface area contributed by atoms with Gasteiger partial charge in [0, 0.05) is 27.9 Å². The van der Waals surface area contributed by atoms with E-state index >= 15 is 0 Å². The Bertz CT molecular complexity index is 1190. The molecule has 0 radical (unpaired) electrons. The molecule has 0 saturated carbocycles. The summed E-state index contributed by atoms with van der Waals surface area (Å²) in [5.74, 6) is -0.773.